The molecule has 2 aliphatic heterocycles. The highest BCUT2D eigenvalue weighted by molar-refractivity contribution is 8.04. The van der Waals surface area contributed by atoms with Gasteiger partial charge in [0.05, 0.1) is 32.9 Å². The molecule has 0 spiro atoms. The number of benzene rings is 2. The molecule has 9 heteroatoms. The maximum atomic E-state index is 11.1. The molecule has 0 bridgehead atoms. The van der Waals surface area contributed by atoms with Crippen molar-refractivity contribution in [2.45, 2.75) is 23.1 Å². The fraction of sp³-hybridized carbons (Fsp3) is 0.227. The van der Waals surface area contributed by atoms with E-state index in [0.29, 0.717) is 18.7 Å². The maximum absolute atomic E-state index is 11.1. The van der Waals surface area contributed by atoms with Crippen molar-refractivity contribution in [3.05, 3.63) is 70.7 Å². The molecule has 2 heterocycles. The number of allylic oxidation sites excluding steroid dienone is 2. The Hall–Kier alpha value is -2.20. The Bertz CT molecular complexity index is 1180. The summed E-state index contributed by atoms with van der Waals surface area (Å²) >= 11 is 3.23. The van der Waals surface area contributed by atoms with Crippen molar-refractivity contribution in [2.24, 2.45) is 0 Å². The van der Waals surface area contributed by atoms with E-state index in [1.54, 1.807) is 23.5 Å². The molecule has 0 amide bonds. The van der Waals surface area contributed by atoms with Crippen LogP contribution >= 0.6 is 23.5 Å². The first-order valence-corrected chi connectivity index (χ1v) is 13.2. The van der Waals surface area contributed by atoms with E-state index in [9.17, 15) is 8.42 Å². The molecule has 2 N–H and O–H groups in total. The third kappa shape index (κ3) is 5.01. The summed E-state index contributed by atoms with van der Waals surface area (Å²) in [6.07, 6.45) is 4.00. The predicted octanol–water partition coefficient (Wildman–Crippen LogP) is 5.21. The molecule has 0 saturated heterocycles. The van der Waals surface area contributed by atoms with Crippen LogP contribution in [0.1, 0.15) is 13.3 Å². The summed E-state index contributed by atoms with van der Waals surface area (Å²) in [5.74, 6) is -0.286. The Balaban J connectivity index is 1.56. The number of fused-ring (bicyclic) bond motifs is 2. The molecule has 2 aliphatic rings. The van der Waals surface area contributed by atoms with Crippen molar-refractivity contribution in [1.82, 2.24) is 0 Å². The van der Waals surface area contributed by atoms with Crippen molar-refractivity contribution >= 4 is 50.7 Å². The smallest absolute Gasteiger partial charge is 0.264 e. The highest BCUT2D eigenvalue weighted by atomic mass is 32.2. The van der Waals surface area contributed by atoms with Gasteiger partial charge in [0.1, 0.15) is 0 Å². The van der Waals surface area contributed by atoms with Crippen LogP contribution in [0.2, 0.25) is 0 Å². The lowest BCUT2D eigenvalue weighted by molar-refractivity contribution is 0.481. The minimum Gasteiger partial charge on any atom is -0.335 e. The molecule has 6 nitrogen and oxygen atoms in total. The molecular formula is C22H23N3O3S3. The third-order valence-corrected chi connectivity index (χ3v) is 7.96. The average Bonchev–Trinajstić information content (AvgIpc) is 3.24. The number of rotatable bonds is 7. The van der Waals surface area contributed by atoms with E-state index in [1.807, 2.05) is 53.5 Å². The van der Waals surface area contributed by atoms with Crippen LogP contribution in [-0.2, 0) is 10.1 Å². The maximum Gasteiger partial charge on any atom is 0.264 e. The van der Waals surface area contributed by atoms with Crippen molar-refractivity contribution in [1.29, 1.82) is 5.41 Å². The SMILES string of the molecule is CCN1/C(=C/C(=N)/C=C2\Sc3ccccc3N2CCCS(=O)(=O)O)Sc2ccccc21. The number of anilines is 2. The first-order valence-electron chi connectivity index (χ1n) is 9.91. The second-order valence-electron chi connectivity index (χ2n) is 7.10. The normalized spacial score (nSPS) is 18.0. The molecule has 162 valence electrons. The van der Waals surface area contributed by atoms with Crippen LogP contribution < -0.4 is 9.80 Å². The van der Waals surface area contributed by atoms with Gasteiger partial charge >= 0.3 is 0 Å². The summed E-state index contributed by atoms with van der Waals surface area (Å²) < 4.78 is 31.3. The lowest BCUT2D eigenvalue weighted by atomic mass is 10.2. The van der Waals surface area contributed by atoms with Crippen LogP contribution in [0, 0.1) is 5.41 Å². The van der Waals surface area contributed by atoms with Crippen molar-refractivity contribution < 1.29 is 13.0 Å². The molecule has 4 rings (SSSR count). The van der Waals surface area contributed by atoms with Gasteiger partial charge in [-0.05, 0) is 49.8 Å². The molecule has 2 aromatic carbocycles. The van der Waals surface area contributed by atoms with E-state index in [1.165, 1.54) is 4.90 Å². The summed E-state index contributed by atoms with van der Waals surface area (Å²) in [6.45, 7) is 3.36. The standard InChI is InChI=1S/C22H23N3O3S3/c1-2-24-17-8-3-5-10-19(17)29-21(24)14-16(23)15-22-25(12-7-13-31(26,27)28)18-9-4-6-11-20(18)30-22/h3-6,8-11,14-15,23H,2,7,12-13H2,1H3,(H,26,27,28)/b21-14-,22-15-,23-16?. The molecule has 0 saturated carbocycles. The molecule has 31 heavy (non-hydrogen) atoms. The fourth-order valence-corrected chi connectivity index (χ4v) is 6.40. The number of hydrogen-bond acceptors (Lipinski definition) is 7. The van der Waals surface area contributed by atoms with Crippen LogP contribution in [0.25, 0.3) is 0 Å². The van der Waals surface area contributed by atoms with Crippen LogP contribution in [-0.4, -0.2) is 37.5 Å². The van der Waals surface area contributed by atoms with E-state index >= 15 is 0 Å². The second-order valence-corrected chi connectivity index (χ2v) is 10.8. The highest BCUT2D eigenvalue weighted by Gasteiger charge is 2.26. The van der Waals surface area contributed by atoms with E-state index in [0.717, 1.165) is 32.9 Å². The number of nitrogens with zero attached hydrogens (tertiary/aromatic N) is 2. The van der Waals surface area contributed by atoms with E-state index in [2.05, 4.69) is 24.0 Å². The highest BCUT2D eigenvalue weighted by Crippen LogP contribution is 2.47. The van der Waals surface area contributed by atoms with Gasteiger partial charge in [-0.25, -0.2) is 0 Å². The summed E-state index contributed by atoms with van der Waals surface area (Å²) in [7, 11) is -4.00. The molecule has 0 radical (unpaired) electrons. The van der Waals surface area contributed by atoms with Crippen LogP contribution in [0.3, 0.4) is 0 Å². The van der Waals surface area contributed by atoms with Gasteiger partial charge in [0.2, 0.25) is 0 Å². The minimum atomic E-state index is -4.00. The van der Waals surface area contributed by atoms with Gasteiger partial charge in [0.25, 0.3) is 10.1 Å². The first kappa shape index (κ1) is 22.0. The quantitative estimate of drug-likeness (QED) is 0.422. The number of hydrogen-bond donors (Lipinski definition) is 2. The zero-order valence-corrected chi connectivity index (χ0v) is 19.4. The van der Waals surface area contributed by atoms with Crippen molar-refractivity contribution in [2.75, 3.05) is 28.6 Å². The van der Waals surface area contributed by atoms with Crippen LogP contribution in [0.5, 0.6) is 0 Å². The third-order valence-electron chi connectivity index (χ3n) is 4.93. The topological polar surface area (TPSA) is 84.7 Å². The van der Waals surface area contributed by atoms with Gasteiger partial charge < -0.3 is 15.2 Å². The molecular weight excluding hydrogens is 450 g/mol. The Morgan fingerprint density at radius 3 is 2.03 bits per heavy atom. The van der Waals surface area contributed by atoms with Crippen molar-refractivity contribution in [3.63, 3.8) is 0 Å². The van der Waals surface area contributed by atoms with E-state index in [4.69, 9.17) is 9.96 Å². The largest absolute Gasteiger partial charge is 0.335 e. The Kier molecular flexibility index (Phi) is 6.47. The Morgan fingerprint density at radius 2 is 1.48 bits per heavy atom. The number of thioether (sulfide) groups is 2. The minimum absolute atomic E-state index is 0.286. The zero-order valence-electron chi connectivity index (χ0n) is 17.0. The monoisotopic (exact) mass is 473 g/mol. The molecule has 0 fully saturated rings. The average molecular weight is 474 g/mol. The first-order chi connectivity index (χ1) is 14.9. The molecule has 0 aliphatic carbocycles. The predicted molar refractivity (Wildman–Crippen MR) is 130 cm³/mol. The van der Waals surface area contributed by atoms with E-state index < -0.39 is 10.1 Å². The fourth-order valence-electron chi connectivity index (χ4n) is 3.59. The van der Waals surface area contributed by atoms with Gasteiger partial charge in [-0.3, -0.25) is 4.55 Å². The molecule has 0 aromatic heterocycles. The zero-order chi connectivity index (χ0) is 22.0. The Morgan fingerprint density at radius 1 is 0.968 bits per heavy atom. The summed E-state index contributed by atoms with van der Waals surface area (Å²) in [5, 5.41) is 10.5. The number of para-hydroxylation sites is 2. The van der Waals surface area contributed by atoms with Crippen LogP contribution in [0.15, 0.2) is 80.5 Å². The molecule has 0 unspecified atom stereocenters. The summed E-state index contributed by atoms with van der Waals surface area (Å²) in [5.41, 5.74) is 2.53. The van der Waals surface area contributed by atoms with E-state index in [-0.39, 0.29) is 5.75 Å². The number of nitrogens with one attached hydrogen (secondary N) is 1. The Labute approximate surface area is 191 Å². The summed E-state index contributed by atoms with van der Waals surface area (Å²) in [6, 6.07) is 16.1. The molecule has 2 aromatic rings. The molecule has 0 atom stereocenters. The van der Waals surface area contributed by atoms with Gasteiger partial charge in [0, 0.05) is 22.9 Å². The van der Waals surface area contributed by atoms with Gasteiger partial charge in [0.15, 0.2) is 0 Å². The van der Waals surface area contributed by atoms with Crippen LogP contribution in [0.4, 0.5) is 11.4 Å². The van der Waals surface area contributed by atoms with Gasteiger partial charge in [-0.15, -0.1) is 0 Å². The lowest BCUT2D eigenvalue weighted by Gasteiger charge is -2.20. The summed E-state index contributed by atoms with van der Waals surface area (Å²) in [4.78, 5) is 6.48. The van der Waals surface area contributed by atoms with Crippen molar-refractivity contribution in [3.8, 4) is 0 Å². The lowest BCUT2D eigenvalue weighted by Crippen LogP contribution is -2.22. The van der Waals surface area contributed by atoms with Gasteiger partial charge in [-0.2, -0.15) is 8.42 Å². The second kappa shape index (κ2) is 9.12. The van der Waals surface area contributed by atoms with Gasteiger partial charge in [-0.1, -0.05) is 47.8 Å².